The number of aliphatic hydroxyl groups excluding tert-OH is 1. The number of carbonyl (C=O) groups excluding carboxylic acids is 1. The molecular formula is C47H61N5O7. The molecule has 12 nitrogen and oxygen atoms in total. The number of rotatable bonds is 16. The zero-order valence-corrected chi connectivity index (χ0v) is 33.4. The average molecular weight is 808 g/mol. The van der Waals surface area contributed by atoms with Gasteiger partial charge in [0.15, 0.2) is 5.75 Å². The van der Waals surface area contributed by atoms with E-state index in [-0.39, 0.29) is 32.2 Å². The first-order valence-electron chi connectivity index (χ1n) is 20.2. The number of likely N-dealkylation sites (N-methyl/N-ethyl adjacent to an activating group) is 1. The van der Waals surface area contributed by atoms with Crippen LogP contribution < -0.4 is 20.7 Å². The largest absolute Gasteiger partial charge is 0.506 e. The maximum atomic E-state index is 12.5. The third-order valence-electron chi connectivity index (χ3n) is 11.1. The number of likely N-dealkylation sites (tertiary alicyclic amines) is 1. The molecule has 1 saturated heterocycles. The maximum absolute atomic E-state index is 12.5. The number of hydrogen-bond donors (Lipinski definition) is 6. The summed E-state index contributed by atoms with van der Waals surface area (Å²) in [5.74, 6) is 2.35. The molecule has 0 aromatic heterocycles. The Labute approximate surface area is 348 Å². The first-order chi connectivity index (χ1) is 28.1. The standard InChI is InChI=1S/C33H46N4O5.C13H11NO2.CH4/c1-23-22-42-33-28(9-10-29(38)32(33)35-23)30(39)18-34-13-14-36(2)31(40)12-16-41-15-11-24-5-3-6-25(17-24)19-37-20-26-7-4-8-27(26)21-37;15-13(16)14-12-9-5-4-8-11(12)10-6-2-1-3-7-10;/h3,5-6,9-10,17,26-27,30,34-35,38-39H,1,4,7-8,11-16,18-22H2,2H3;1-9,14H,(H,15,16);1H4. The van der Waals surface area contributed by atoms with Gasteiger partial charge in [0.05, 0.1) is 31.4 Å². The van der Waals surface area contributed by atoms with Gasteiger partial charge < -0.3 is 40.3 Å². The highest BCUT2D eigenvalue weighted by molar-refractivity contribution is 5.90. The van der Waals surface area contributed by atoms with E-state index in [1.807, 2.05) is 42.5 Å². The summed E-state index contributed by atoms with van der Waals surface area (Å²) < 4.78 is 11.5. The van der Waals surface area contributed by atoms with Gasteiger partial charge in [0.25, 0.3) is 0 Å². The molecule has 0 bridgehead atoms. The SMILES string of the molecule is C.C=C1COc2c(C(O)CNCCN(C)C(=O)CCOCCc3cccc(CN4CC5CCCC5C4)c3)ccc(O)c2N1.O=C(O)Nc1ccccc1-c1ccccc1. The van der Waals surface area contributed by atoms with Crippen LogP contribution in [0.15, 0.2) is 103 Å². The summed E-state index contributed by atoms with van der Waals surface area (Å²) in [6.45, 7) is 9.97. The molecule has 6 N–H and O–H groups in total. The normalized spacial score (nSPS) is 17.2. The number of para-hydroxylation sites is 1. The molecule has 12 heteroatoms. The first-order valence-corrected chi connectivity index (χ1v) is 20.2. The Bertz CT molecular complexity index is 1980. The first kappa shape index (κ1) is 44.7. The Morgan fingerprint density at radius 3 is 2.47 bits per heavy atom. The number of ether oxygens (including phenoxy) is 2. The van der Waals surface area contributed by atoms with Crippen molar-refractivity contribution in [2.24, 2.45) is 11.8 Å². The van der Waals surface area contributed by atoms with E-state index in [0.29, 0.717) is 61.1 Å². The van der Waals surface area contributed by atoms with E-state index < -0.39 is 12.2 Å². The summed E-state index contributed by atoms with van der Waals surface area (Å²) in [7, 11) is 1.78. The fourth-order valence-corrected chi connectivity index (χ4v) is 8.04. The summed E-state index contributed by atoms with van der Waals surface area (Å²) in [4.78, 5) is 27.5. The molecule has 2 heterocycles. The lowest BCUT2D eigenvalue weighted by atomic mass is 10.0. The van der Waals surface area contributed by atoms with Gasteiger partial charge >= 0.3 is 6.09 Å². The highest BCUT2D eigenvalue weighted by atomic mass is 16.5. The molecule has 2 aliphatic heterocycles. The number of benzene rings is 4. The number of anilines is 2. The third kappa shape index (κ3) is 12.8. The van der Waals surface area contributed by atoms with Gasteiger partial charge in [-0.3, -0.25) is 15.0 Å². The predicted octanol–water partition coefficient (Wildman–Crippen LogP) is 7.75. The van der Waals surface area contributed by atoms with E-state index in [1.165, 1.54) is 49.5 Å². The maximum Gasteiger partial charge on any atom is 0.409 e. The van der Waals surface area contributed by atoms with Gasteiger partial charge in [-0.05, 0) is 66.0 Å². The number of phenols is 1. The molecule has 7 rings (SSSR count). The van der Waals surface area contributed by atoms with Crippen LogP contribution in [0, 0.1) is 11.8 Å². The van der Waals surface area contributed by atoms with Gasteiger partial charge in [-0.15, -0.1) is 0 Å². The molecule has 4 aromatic carbocycles. The second-order valence-electron chi connectivity index (χ2n) is 15.3. The molecular weight excluding hydrogens is 747 g/mol. The monoisotopic (exact) mass is 807 g/mol. The minimum absolute atomic E-state index is 0. The van der Waals surface area contributed by atoms with Gasteiger partial charge in [-0.25, -0.2) is 4.79 Å². The molecule has 3 atom stereocenters. The van der Waals surface area contributed by atoms with Crippen molar-refractivity contribution in [3.63, 3.8) is 0 Å². The Morgan fingerprint density at radius 1 is 0.983 bits per heavy atom. The van der Waals surface area contributed by atoms with Crippen LogP contribution in [0.1, 0.15) is 55.9 Å². The Morgan fingerprint density at radius 2 is 1.71 bits per heavy atom. The highest BCUT2D eigenvalue weighted by Gasteiger charge is 2.35. The summed E-state index contributed by atoms with van der Waals surface area (Å²) in [5.41, 5.74) is 6.77. The molecule has 2 fully saturated rings. The fraction of sp³-hybridized carbons (Fsp3) is 0.404. The molecule has 4 aromatic rings. The zero-order chi connectivity index (χ0) is 40.9. The number of phenolic OH excluding ortho intramolecular Hbond substituents is 1. The number of nitrogens with zero attached hydrogens (tertiary/aromatic N) is 2. The Kier molecular flexibility index (Phi) is 16.7. The minimum Gasteiger partial charge on any atom is -0.506 e. The number of carbonyl (C=O) groups is 2. The van der Waals surface area contributed by atoms with Crippen LogP contribution in [0.3, 0.4) is 0 Å². The number of aromatic hydroxyl groups is 1. The summed E-state index contributed by atoms with van der Waals surface area (Å²) in [5, 5.41) is 38.1. The predicted molar refractivity (Wildman–Crippen MR) is 234 cm³/mol. The van der Waals surface area contributed by atoms with Crippen molar-refractivity contribution >= 4 is 23.4 Å². The van der Waals surface area contributed by atoms with E-state index in [2.05, 4.69) is 51.7 Å². The number of fused-ring (bicyclic) bond motifs is 2. The van der Waals surface area contributed by atoms with Gasteiger partial charge in [-0.2, -0.15) is 0 Å². The summed E-state index contributed by atoms with van der Waals surface area (Å²) >= 11 is 0. The van der Waals surface area contributed by atoms with E-state index in [0.717, 1.165) is 35.9 Å². The van der Waals surface area contributed by atoms with Crippen LogP contribution in [0.4, 0.5) is 16.2 Å². The van der Waals surface area contributed by atoms with Gasteiger partial charge in [0.1, 0.15) is 18.0 Å². The number of aliphatic hydroxyl groups is 1. The van der Waals surface area contributed by atoms with Crippen molar-refractivity contribution in [3.8, 4) is 22.6 Å². The van der Waals surface area contributed by atoms with Gasteiger partial charge in [0, 0.05) is 63.1 Å². The van der Waals surface area contributed by atoms with Crippen molar-refractivity contribution in [2.75, 3.05) is 70.2 Å². The molecule has 0 radical (unpaired) electrons. The van der Waals surface area contributed by atoms with Crippen LogP contribution in [-0.4, -0.2) is 96.7 Å². The highest BCUT2D eigenvalue weighted by Crippen LogP contribution is 2.42. The topological polar surface area (TPSA) is 156 Å². The van der Waals surface area contributed by atoms with Crippen molar-refractivity contribution in [3.05, 3.63) is 120 Å². The van der Waals surface area contributed by atoms with Crippen LogP contribution in [0.2, 0.25) is 0 Å². The molecule has 3 aliphatic rings. The zero-order valence-electron chi connectivity index (χ0n) is 33.4. The van der Waals surface area contributed by atoms with Crippen LogP contribution in [-0.2, 0) is 22.5 Å². The van der Waals surface area contributed by atoms with Crippen molar-refractivity contribution in [1.82, 2.24) is 15.1 Å². The van der Waals surface area contributed by atoms with E-state index >= 15 is 0 Å². The molecule has 0 spiro atoms. The van der Waals surface area contributed by atoms with E-state index in [9.17, 15) is 19.8 Å². The van der Waals surface area contributed by atoms with Gasteiger partial charge in [0.2, 0.25) is 5.91 Å². The summed E-state index contributed by atoms with van der Waals surface area (Å²) in [6.07, 6.45) is 3.53. The minimum atomic E-state index is -1.05. The number of amides is 2. The molecule has 2 amide bonds. The fourth-order valence-electron chi connectivity index (χ4n) is 8.04. The molecule has 1 saturated carbocycles. The lowest BCUT2D eigenvalue weighted by Crippen LogP contribution is -2.35. The molecule has 1 aliphatic carbocycles. The van der Waals surface area contributed by atoms with Crippen molar-refractivity contribution in [2.45, 2.75) is 52.2 Å². The smallest absolute Gasteiger partial charge is 0.409 e. The summed E-state index contributed by atoms with van der Waals surface area (Å²) in [6, 6.07) is 29.0. The Hall–Kier alpha value is -5.40. The van der Waals surface area contributed by atoms with Crippen molar-refractivity contribution in [1.29, 1.82) is 0 Å². The van der Waals surface area contributed by atoms with E-state index in [1.54, 1.807) is 30.1 Å². The number of hydrogen-bond acceptors (Lipinski definition) is 9. The van der Waals surface area contributed by atoms with Crippen molar-refractivity contribution < 1.29 is 34.4 Å². The van der Waals surface area contributed by atoms with Crippen LogP contribution in [0.5, 0.6) is 11.5 Å². The van der Waals surface area contributed by atoms with Gasteiger partial charge in [-0.1, -0.05) is 93.2 Å². The third-order valence-corrected chi connectivity index (χ3v) is 11.1. The second kappa shape index (κ2) is 22.1. The Balaban J connectivity index is 0.000000326. The average Bonchev–Trinajstić information content (AvgIpc) is 3.82. The second-order valence-corrected chi connectivity index (χ2v) is 15.3. The quantitative estimate of drug-likeness (QED) is 0.0489. The lowest BCUT2D eigenvalue weighted by Gasteiger charge is -2.26. The van der Waals surface area contributed by atoms with Crippen LogP contribution in [0.25, 0.3) is 11.1 Å². The molecule has 316 valence electrons. The van der Waals surface area contributed by atoms with Crippen LogP contribution >= 0.6 is 0 Å². The molecule has 3 unspecified atom stereocenters. The number of carboxylic acid groups (broad SMARTS) is 1. The number of nitrogens with one attached hydrogen (secondary N) is 3. The van der Waals surface area contributed by atoms with E-state index in [4.69, 9.17) is 14.6 Å². The lowest BCUT2D eigenvalue weighted by molar-refractivity contribution is -0.131. The molecule has 59 heavy (non-hydrogen) atoms.